The van der Waals surface area contributed by atoms with Crippen molar-refractivity contribution in [2.24, 2.45) is 0 Å². The molecule has 2 heterocycles. The topological polar surface area (TPSA) is 54.0 Å². The maximum absolute atomic E-state index is 13.5. The smallest absolute Gasteiger partial charge is 0.303 e. The Morgan fingerprint density at radius 3 is 2.77 bits per heavy atom. The molecule has 0 saturated carbocycles. The molecule has 22 heavy (non-hydrogen) atoms. The van der Waals surface area contributed by atoms with Crippen LogP contribution in [0, 0.1) is 5.82 Å². The van der Waals surface area contributed by atoms with Crippen molar-refractivity contribution < 1.29 is 28.1 Å². The fraction of sp³-hybridized carbons (Fsp3) is 0.562. The quantitative estimate of drug-likeness (QED) is 0.786. The van der Waals surface area contributed by atoms with Crippen LogP contribution in [0.3, 0.4) is 0 Å². The third-order valence-corrected chi connectivity index (χ3v) is 3.80. The van der Waals surface area contributed by atoms with Crippen LogP contribution in [-0.4, -0.2) is 30.6 Å². The lowest BCUT2D eigenvalue weighted by Gasteiger charge is -2.34. The van der Waals surface area contributed by atoms with Crippen LogP contribution in [0.4, 0.5) is 4.39 Å². The van der Waals surface area contributed by atoms with Gasteiger partial charge in [-0.2, -0.15) is 0 Å². The molecule has 0 N–H and O–H groups in total. The van der Waals surface area contributed by atoms with Gasteiger partial charge in [0.15, 0.2) is 5.79 Å². The SMILES string of the molecule is CC(=O)O[C@@H]1C[C@@H]([C@@H]2COC(C)(C)O2)Oc2ccc(F)cc21. The minimum Gasteiger partial charge on any atom is -0.487 e. The molecule has 0 radical (unpaired) electrons. The fourth-order valence-electron chi connectivity index (χ4n) is 2.87. The van der Waals surface area contributed by atoms with Gasteiger partial charge in [0.25, 0.3) is 0 Å². The number of carbonyl (C=O) groups is 1. The summed E-state index contributed by atoms with van der Waals surface area (Å²) in [5, 5.41) is 0. The molecule has 1 saturated heterocycles. The summed E-state index contributed by atoms with van der Waals surface area (Å²) < 4.78 is 36.1. The molecule has 0 spiro atoms. The lowest BCUT2D eigenvalue weighted by molar-refractivity contribution is -0.160. The molecule has 1 fully saturated rings. The molecular formula is C16H19FO5. The van der Waals surface area contributed by atoms with Gasteiger partial charge in [0.1, 0.15) is 29.9 Å². The van der Waals surface area contributed by atoms with E-state index in [9.17, 15) is 9.18 Å². The Hall–Kier alpha value is -1.66. The average Bonchev–Trinajstić information content (AvgIpc) is 2.79. The summed E-state index contributed by atoms with van der Waals surface area (Å²) in [5.41, 5.74) is 0.546. The van der Waals surface area contributed by atoms with Crippen LogP contribution in [0.5, 0.6) is 5.75 Å². The van der Waals surface area contributed by atoms with E-state index in [1.54, 1.807) is 6.07 Å². The first-order valence-corrected chi connectivity index (χ1v) is 7.29. The van der Waals surface area contributed by atoms with Gasteiger partial charge in [0.05, 0.1) is 6.61 Å². The van der Waals surface area contributed by atoms with E-state index < -0.39 is 17.9 Å². The minimum absolute atomic E-state index is 0.258. The van der Waals surface area contributed by atoms with Gasteiger partial charge in [-0.15, -0.1) is 0 Å². The molecule has 0 aromatic heterocycles. The van der Waals surface area contributed by atoms with E-state index in [0.29, 0.717) is 24.3 Å². The zero-order valence-electron chi connectivity index (χ0n) is 12.8. The molecule has 2 aliphatic heterocycles. The zero-order chi connectivity index (χ0) is 15.9. The van der Waals surface area contributed by atoms with E-state index in [4.69, 9.17) is 18.9 Å². The van der Waals surface area contributed by atoms with Crippen molar-refractivity contribution >= 4 is 5.97 Å². The van der Waals surface area contributed by atoms with Crippen molar-refractivity contribution in [3.8, 4) is 5.75 Å². The van der Waals surface area contributed by atoms with E-state index in [1.165, 1.54) is 19.1 Å². The Balaban J connectivity index is 1.85. The minimum atomic E-state index is -0.659. The fourth-order valence-corrected chi connectivity index (χ4v) is 2.87. The largest absolute Gasteiger partial charge is 0.487 e. The van der Waals surface area contributed by atoms with Gasteiger partial charge in [-0.1, -0.05) is 0 Å². The normalized spacial score (nSPS) is 29.5. The maximum Gasteiger partial charge on any atom is 0.303 e. The van der Waals surface area contributed by atoms with E-state index in [2.05, 4.69) is 0 Å². The standard InChI is InChI=1S/C16H19FO5/c1-9(18)20-13-7-14(15-8-19-16(2,3)22-15)21-12-5-4-10(17)6-11(12)13/h4-6,13-15H,7-8H2,1-3H3/t13-,14+,15+/m1/s1. The van der Waals surface area contributed by atoms with Gasteiger partial charge < -0.3 is 18.9 Å². The maximum atomic E-state index is 13.5. The highest BCUT2D eigenvalue weighted by atomic mass is 19.1. The summed E-state index contributed by atoms with van der Waals surface area (Å²) in [6.45, 7) is 5.41. The van der Waals surface area contributed by atoms with Gasteiger partial charge in [-0.25, -0.2) is 4.39 Å². The molecule has 0 unspecified atom stereocenters. The third-order valence-electron chi connectivity index (χ3n) is 3.80. The summed E-state index contributed by atoms with van der Waals surface area (Å²) in [7, 11) is 0. The Morgan fingerprint density at radius 2 is 2.14 bits per heavy atom. The Bertz CT molecular complexity index is 586. The number of carbonyl (C=O) groups excluding carboxylic acids is 1. The summed E-state index contributed by atoms with van der Waals surface area (Å²) in [5.74, 6) is -0.949. The van der Waals surface area contributed by atoms with Gasteiger partial charge in [-0.05, 0) is 32.0 Å². The van der Waals surface area contributed by atoms with Crippen LogP contribution in [0.15, 0.2) is 18.2 Å². The van der Waals surface area contributed by atoms with Crippen LogP contribution in [0.1, 0.15) is 38.9 Å². The molecule has 2 aliphatic rings. The van der Waals surface area contributed by atoms with Crippen LogP contribution in [0.25, 0.3) is 0 Å². The van der Waals surface area contributed by atoms with E-state index in [-0.39, 0.29) is 18.0 Å². The molecule has 120 valence electrons. The number of fused-ring (bicyclic) bond motifs is 1. The summed E-state index contributed by atoms with van der Waals surface area (Å²) in [6, 6.07) is 4.21. The van der Waals surface area contributed by atoms with Crippen molar-refractivity contribution in [3.63, 3.8) is 0 Å². The molecule has 0 bridgehead atoms. The first-order chi connectivity index (χ1) is 10.3. The van der Waals surface area contributed by atoms with Crippen molar-refractivity contribution in [1.82, 2.24) is 0 Å². The lowest BCUT2D eigenvalue weighted by Crippen LogP contribution is -2.39. The molecule has 1 aromatic carbocycles. The molecule has 1 aromatic rings. The molecule has 5 nitrogen and oxygen atoms in total. The van der Waals surface area contributed by atoms with E-state index >= 15 is 0 Å². The monoisotopic (exact) mass is 310 g/mol. The average molecular weight is 310 g/mol. The second kappa shape index (κ2) is 5.52. The summed E-state index contributed by atoms with van der Waals surface area (Å²) in [4.78, 5) is 11.3. The van der Waals surface area contributed by atoms with Gasteiger partial charge in [0, 0.05) is 18.9 Å². The number of esters is 1. The second-order valence-electron chi connectivity index (χ2n) is 6.04. The molecule has 6 heteroatoms. The van der Waals surface area contributed by atoms with E-state index in [1.807, 2.05) is 13.8 Å². The van der Waals surface area contributed by atoms with Gasteiger partial charge in [0.2, 0.25) is 0 Å². The number of ether oxygens (including phenoxy) is 4. The Labute approximate surface area is 128 Å². The van der Waals surface area contributed by atoms with Crippen molar-refractivity contribution in [1.29, 1.82) is 0 Å². The predicted octanol–water partition coefficient (Wildman–Crippen LogP) is 2.73. The van der Waals surface area contributed by atoms with Crippen LogP contribution < -0.4 is 4.74 Å². The second-order valence-corrected chi connectivity index (χ2v) is 6.04. The number of hydrogen-bond acceptors (Lipinski definition) is 5. The summed E-state index contributed by atoms with van der Waals surface area (Å²) >= 11 is 0. The number of rotatable bonds is 2. The van der Waals surface area contributed by atoms with Crippen LogP contribution in [0.2, 0.25) is 0 Å². The Kier molecular flexibility index (Phi) is 3.82. The Morgan fingerprint density at radius 1 is 1.36 bits per heavy atom. The van der Waals surface area contributed by atoms with Crippen LogP contribution >= 0.6 is 0 Å². The predicted molar refractivity (Wildman–Crippen MR) is 74.8 cm³/mol. The molecular weight excluding hydrogens is 291 g/mol. The number of benzene rings is 1. The molecule has 3 rings (SSSR count). The third kappa shape index (κ3) is 3.08. The number of hydrogen-bond donors (Lipinski definition) is 0. The van der Waals surface area contributed by atoms with Crippen molar-refractivity contribution in [3.05, 3.63) is 29.6 Å². The molecule has 0 amide bonds. The zero-order valence-corrected chi connectivity index (χ0v) is 12.8. The van der Waals surface area contributed by atoms with Crippen molar-refractivity contribution in [2.45, 2.75) is 51.3 Å². The highest BCUT2D eigenvalue weighted by Gasteiger charge is 2.42. The lowest BCUT2D eigenvalue weighted by atomic mass is 9.96. The number of halogens is 1. The first-order valence-electron chi connectivity index (χ1n) is 7.29. The highest BCUT2D eigenvalue weighted by molar-refractivity contribution is 5.66. The molecule has 3 atom stereocenters. The van der Waals surface area contributed by atoms with Crippen molar-refractivity contribution in [2.75, 3.05) is 6.61 Å². The van der Waals surface area contributed by atoms with Gasteiger partial charge >= 0.3 is 5.97 Å². The first kappa shape index (κ1) is 15.2. The van der Waals surface area contributed by atoms with Gasteiger partial charge in [-0.3, -0.25) is 4.79 Å². The summed E-state index contributed by atoms with van der Waals surface area (Å²) in [6.07, 6.45) is -0.718. The molecule has 0 aliphatic carbocycles. The highest BCUT2D eigenvalue weighted by Crippen LogP contribution is 2.40. The van der Waals surface area contributed by atoms with Crippen LogP contribution in [-0.2, 0) is 19.0 Å². The van der Waals surface area contributed by atoms with E-state index in [0.717, 1.165) is 0 Å².